The molecule has 0 spiro atoms. The van der Waals surface area contributed by atoms with E-state index in [4.69, 9.17) is 4.74 Å². The Morgan fingerprint density at radius 1 is 1.30 bits per heavy atom. The molecule has 27 heavy (non-hydrogen) atoms. The molecule has 0 aliphatic carbocycles. The summed E-state index contributed by atoms with van der Waals surface area (Å²) in [4.78, 5) is 17.8. The predicted octanol–water partition coefficient (Wildman–Crippen LogP) is 2.22. The third kappa shape index (κ3) is 4.25. The molecular weight excluding hydrogens is 386 g/mol. The number of sulfonamides is 1. The normalized spacial score (nSPS) is 17.5. The molecule has 1 saturated heterocycles. The van der Waals surface area contributed by atoms with Crippen LogP contribution in [0.25, 0.3) is 10.2 Å². The standard InChI is InChI=1S/C18H25N3O4S2/c1-4-21-16-14(25-5-2)7-6-8-15(16)26-18(21)19-17(22)13-9-11-20(12-10-13)27(3,23)24/h6-8,13H,4-5,9-12H2,1-3H3. The first kappa shape index (κ1) is 20.0. The first-order chi connectivity index (χ1) is 12.8. The lowest BCUT2D eigenvalue weighted by Gasteiger charge is -2.28. The molecular formula is C18H25N3O4S2. The molecule has 0 unspecified atom stereocenters. The number of amides is 1. The van der Waals surface area contributed by atoms with Crippen molar-refractivity contribution in [3.63, 3.8) is 0 Å². The topological polar surface area (TPSA) is 81.0 Å². The number of hydrogen-bond acceptors (Lipinski definition) is 5. The highest BCUT2D eigenvalue weighted by Gasteiger charge is 2.29. The smallest absolute Gasteiger partial charge is 0.251 e. The molecule has 1 aliphatic rings. The Kier molecular flexibility index (Phi) is 6.02. The molecule has 0 bridgehead atoms. The van der Waals surface area contributed by atoms with E-state index >= 15 is 0 Å². The minimum absolute atomic E-state index is 0.171. The molecule has 0 radical (unpaired) electrons. The average Bonchev–Trinajstić information content (AvgIpc) is 2.99. The van der Waals surface area contributed by atoms with Gasteiger partial charge in [-0.05, 0) is 38.8 Å². The molecule has 7 nitrogen and oxygen atoms in total. The second-order valence-electron chi connectivity index (χ2n) is 6.55. The van der Waals surface area contributed by atoms with Crippen LogP contribution in [0.5, 0.6) is 5.75 Å². The quantitative estimate of drug-likeness (QED) is 0.756. The molecule has 148 valence electrons. The van der Waals surface area contributed by atoms with Gasteiger partial charge in [0.25, 0.3) is 5.91 Å². The van der Waals surface area contributed by atoms with Crippen molar-refractivity contribution in [2.75, 3.05) is 26.0 Å². The van der Waals surface area contributed by atoms with Crippen LogP contribution in [0.2, 0.25) is 0 Å². The van der Waals surface area contributed by atoms with Crippen LogP contribution in [0.1, 0.15) is 26.7 Å². The number of carbonyl (C=O) groups excluding carboxylic acids is 1. The minimum atomic E-state index is -3.20. The van der Waals surface area contributed by atoms with Crippen LogP contribution in [0.3, 0.4) is 0 Å². The number of aromatic nitrogens is 1. The van der Waals surface area contributed by atoms with Gasteiger partial charge in [0.2, 0.25) is 10.0 Å². The summed E-state index contributed by atoms with van der Waals surface area (Å²) in [6.07, 6.45) is 2.23. The Bertz CT molecular complexity index is 999. The Morgan fingerprint density at radius 2 is 2.00 bits per heavy atom. The summed E-state index contributed by atoms with van der Waals surface area (Å²) in [5.74, 6) is 0.392. The van der Waals surface area contributed by atoms with Crippen molar-refractivity contribution in [3.8, 4) is 5.75 Å². The van der Waals surface area contributed by atoms with E-state index in [1.807, 2.05) is 36.6 Å². The molecule has 9 heteroatoms. The number of para-hydroxylation sites is 1. The van der Waals surface area contributed by atoms with E-state index in [-0.39, 0.29) is 11.8 Å². The highest BCUT2D eigenvalue weighted by molar-refractivity contribution is 7.88. The van der Waals surface area contributed by atoms with E-state index in [0.29, 0.717) is 43.9 Å². The van der Waals surface area contributed by atoms with Gasteiger partial charge in [0.1, 0.15) is 11.3 Å². The first-order valence-corrected chi connectivity index (χ1v) is 11.8. The van der Waals surface area contributed by atoms with E-state index in [1.54, 1.807) is 0 Å². The van der Waals surface area contributed by atoms with Gasteiger partial charge in [-0.15, -0.1) is 0 Å². The summed E-state index contributed by atoms with van der Waals surface area (Å²) in [5, 5.41) is 0. The van der Waals surface area contributed by atoms with Crippen molar-refractivity contribution in [1.29, 1.82) is 0 Å². The van der Waals surface area contributed by atoms with E-state index in [0.717, 1.165) is 16.0 Å². The van der Waals surface area contributed by atoms with Gasteiger partial charge in [-0.3, -0.25) is 4.79 Å². The summed E-state index contributed by atoms with van der Waals surface area (Å²) in [7, 11) is -3.20. The van der Waals surface area contributed by atoms with Crippen LogP contribution < -0.4 is 9.54 Å². The van der Waals surface area contributed by atoms with Crippen LogP contribution in [0.4, 0.5) is 0 Å². The molecule has 1 amide bonds. The van der Waals surface area contributed by atoms with E-state index in [1.165, 1.54) is 21.9 Å². The molecule has 0 saturated carbocycles. The Balaban J connectivity index is 1.90. The highest BCUT2D eigenvalue weighted by Crippen LogP contribution is 2.28. The van der Waals surface area contributed by atoms with Crippen molar-refractivity contribution >= 4 is 37.5 Å². The second kappa shape index (κ2) is 8.12. The second-order valence-corrected chi connectivity index (χ2v) is 9.54. The van der Waals surface area contributed by atoms with Crippen LogP contribution in [0, 0.1) is 5.92 Å². The van der Waals surface area contributed by atoms with Gasteiger partial charge in [0.15, 0.2) is 4.80 Å². The Morgan fingerprint density at radius 3 is 2.59 bits per heavy atom. The number of thiazole rings is 1. The fraction of sp³-hybridized carbons (Fsp3) is 0.556. The zero-order chi connectivity index (χ0) is 19.6. The van der Waals surface area contributed by atoms with Gasteiger partial charge >= 0.3 is 0 Å². The minimum Gasteiger partial charge on any atom is -0.492 e. The van der Waals surface area contributed by atoms with Gasteiger partial charge < -0.3 is 9.30 Å². The fourth-order valence-electron chi connectivity index (χ4n) is 3.37. The number of ether oxygens (including phenoxy) is 1. The Labute approximate surface area is 163 Å². The number of hydrogen-bond donors (Lipinski definition) is 0. The molecule has 0 atom stereocenters. The maximum Gasteiger partial charge on any atom is 0.251 e. The zero-order valence-corrected chi connectivity index (χ0v) is 17.5. The van der Waals surface area contributed by atoms with E-state index in [2.05, 4.69) is 4.99 Å². The monoisotopic (exact) mass is 411 g/mol. The maximum absolute atomic E-state index is 12.7. The van der Waals surface area contributed by atoms with Gasteiger partial charge in [-0.2, -0.15) is 4.99 Å². The van der Waals surface area contributed by atoms with Gasteiger partial charge in [0, 0.05) is 25.6 Å². The van der Waals surface area contributed by atoms with E-state index < -0.39 is 10.0 Å². The van der Waals surface area contributed by atoms with E-state index in [9.17, 15) is 13.2 Å². The molecule has 0 N–H and O–H groups in total. The van der Waals surface area contributed by atoms with Crippen LogP contribution in [-0.2, 0) is 21.4 Å². The van der Waals surface area contributed by atoms with Crippen LogP contribution in [0.15, 0.2) is 23.2 Å². The fourth-order valence-corrected chi connectivity index (χ4v) is 5.36. The highest BCUT2D eigenvalue weighted by atomic mass is 32.2. The lowest BCUT2D eigenvalue weighted by atomic mass is 9.98. The number of fused-ring (bicyclic) bond motifs is 1. The van der Waals surface area contributed by atoms with Crippen molar-refractivity contribution in [2.45, 2.75) is 33.2 Å². The zero-order valence-electron chi connectivity index (χ0n) is 15.8. The molecule has 1 fully saturated rings. The number of aryl methyl sites for hydroxylation is 1. The summed E-state index contributed by atoms with van der Waals surface area (Å²) < 4.78 is 33.5. The Hall–Kier alpha value is -1.71. The number of benzene rings is 1. The predicted molar refractivity (Wildman–Crippen MR) is 106 cm³/mol. The third-order valence-corrected chi connectivity index (χ3v) is 7.10. The SMILES string of the molecule is CCOc1cccc2sc(=NC(=O)C3CCN(S(C)(=O)=O)CC3)n(CC)c12. The van der Waals surface area contributed by atoms with Gasteiger partial charge in [-0.1, -0.05) is 17.4 Å². The number of carbonyl (C=O) groups is 1. The summed E-state index contributed by atoms with van der Waals surface area (Å²) in [6.45, 7) is 5.97. The average molecular weight is 412 g/mol. The summed E-state index contributed by atoms with van der Waals surface area (Å²) >= 11 is 1.47. The van der Waals surface area contributed by atoms with Gasteiger partial charge in [0.05, 0.1) is 17.6 Å². The van der Waals surface area contributed by atoms with Gasteiger partial charge in [-0.25, -0.2) is 12.7 Å². The maximum atomic E-state index is 12.7. The van der Waals surface area contributed by atoms with Crippen molar-refractivity contribution in [1.82, 2.24) is 8.87 Å². The van der Waals surface area contributed by atoms with Crippen molar-refractivity contribution in [2.24, 2.45) is 10.9 Å². The molecule has 3 rings (SSSR count). The van der Waals surface area contributed by atoms with Crippen molar-refractivity contribution < 1.29 is 17.9 Å². The lowest BCUT2D eigenvalue weighted by Crippen LogP contribution is -2.39. The van der Waals surface area contributed by atoms with Crippen molar-refractivity contribution in [3.05, 3.63) is 23.0 Å². The molecule has 2 aromatic rings. The number of nitrogens with zero attached hydrogens (tertiary/aromatic N) is 3. The largest absolute Gasteiger partial charge is 0.492 e. The molecule has 1 aromatic heterocycles. The van der Waals surface area contributed by atoms with Crippen LogP contribution >= 0.6 is 11.3 Å². The summed E-state index contributed by atoms with van der Waals surface area (Å²) in [5.41, 5.74) is 0.963. The number of piperidine rings is 1. The lowest BCUT2D eigenvalue weighted by molar-refractivity contribution is -0.122. The molecule has 2 heterocycles. The number of rotatable bonds is 5. The molecule has 1 aromatic carbocycles. The third-order valence-electron chi connectivity index (χ3n) is 4.76. The summed E-state index contributed by atoms with van der Waals surface area (Å²) in [6, 6.07) is 5.87. The van der Waals surface area contributed by atoms with Crippen LogP contribution in [-0.4, -0.2) is 49.1 Å². The molecule has 1 aliphatic heterocycles. The first-order valence-electron chi connectivity index (χ1n) is 9.14.